The minimum atomic E-state index is -0.760. The third-order valence-corrected chi connectivity index (χ3v) is 5.85. The molecule has 0 aliphatic carbocycles. The fourth-order valence-electron chi connectivity index (χ4n) is 2.05. The zero-order chi connectivity index (χ0) is 15.5. The molecule has 108 valence electrons. The smallest absolute Gasteiger partial charge is 0.164 e. The average molecular weight is 437 g/mol. The summed E-state index contributed by atoms with van der Waals surface area (Å²) < 4.78 is 28.5. The van der Waals surface area contributed by atoms with Gasteiger partial charge in [0.25, 0.3) is 0 Å². The van der Waals surface area contributed by atoms with E-state index in [1.165, 1.54) is 0 Å². The van der Waals surface area contributed by atoms with Gasteiger partial charge in [-0.3, -0.25) is 16.2 Å². The van der Waals surface area contributed by atoms with Crippen molar-refractivity contribution in [1.82, 2.24) is 10.6 Å². The third kappa shape index (κ3) is 2.04. The Labute approximate surface area is 138 Å². The summed E-state index contributed by atoms with van der Waals surface area (Å²) in [4.78, 5) is 0.246. The Balaban J connectivity index is 2.36. The molecule has 21 heavy (non-hydrogen) atoms. The molecule has 0 bridgehead atoms. The lowest BCUT2D eigenvalue weighted by Gasteiger charge is -2.08. The highest BCUT2D eigenvalue weighted by Crippen LogP contribution is 2.42. The number of fused-ring (bicyclic) bond motifs is 1. The highest BCUT2D eigenvalue weighted by molar-refractivity contribution is 9.13. The molecule has 2 aliphatic rings. The number of thioether (sulfide) groups is 1. The maximum absolute atomic E-state index is 14.5. The summed E-state index contributed by atoms with van der Waals surface area (Å²) >= 11 is 6.82. The Bertz CT molecular complexity index is 790. The first kappa shape index (κ1) is 14.7. The largest absolute Gasteiger partial charge is 0.338 e. The van der Waals surface area contributed by atoms with Gasteiger partial charge in [0, 0.05) is 0 Å². The number of amidine groups is 3. The fourth-order valence-corrected chi connectivity index (χ4v) is 3.56. The van der Waals surface area contributed by atoms with E-state index in [1.807, 2.05) is 0 Å². The minimum Gasteiger partial charge on any atom is -0.338 e. The number of hydrogen-bond donors (Lipinski definition) is 5. The first-order valence-electron chi connectivity index (χ1n) is 5.41. The lowest BCUT2D eigenvalue weighted by atomic mass is 10.1. The molecule has 1 aromatic carbocycles. The van der Waals surface area contributed by atoms with Crippen molar-refractivity contribution in [1.29, 1.82) is 16.2 Å². The third-order valence-electron chi connectivity index (χ3n) is 2.91. The van der Waals surface area contributed by atoms with Gasteiger partial charge in [0.05, 0.1) is 30.7 Å². The van der Waals surface area contributed by atoms with E-state index in [9.17, 15) is 8.78 Å². The van der Waals surface area contributed by atoms with Crippen LogP contribution in [0.1, 0.15) is 11.1 Å². The van der Waals surface area contributed by atoms with Crippen molar-refractivity contribution in [2.45, 2.75) is 0 Å². The van der Waals surface area contributed by atoms with Gasteiger partial charge in [0.15, 0.2) is 5.17 Å². The molecule has 5 nitrogen and oxygen atoms in total. The highest BCUT2D eigenvalue weighted by atomic mass is 79.9. The molecule has 10 heteroatoms. The number of hydrogen-bond acceptors (Lipinski definition) is 4. The van der Waals surface area contributed by atoms with Gasteiger partial charge in [-0.05, 0) is 43.6 Å². The van der Waals surface area contributed by atoms with Crippen LogP contribution in [0.5, 0.6) is 0 Å². The van der Waals surface area contributed by atoms with Gasteiger partial charge in [0.1, 0.15) is 23.3 Å². The molecule has 1 aromatic rings. The normalized spacial score (nSPS) is 20.7. The molecule has 3 rings (SSSR count). The summed E-state index contributed by atoms with van der Waals surface area (Å²) in [6.07, 6.45) is 0. The molecule has 5 N–H and O–H groups in total. The first-order valence-corrected chi connectivity index (χ1v) is 7.82. The van der Waals surface area contributed by atoms with Crippen LogP contribution in [0.3, 0.4) is 0 Å². The van der Waals surface area contributed by atoms with Crippen LogP contribution in [-0.2, 0) is 0 Å². The van der Waals surface area contributed by atoms with E-state index < -0.39 is 11.6 Å². The zero-order valence-electron chi connectivity index (χ0n) is 9.92. The van der Waals surface area contributed by atoms with Crippen molar-refractivity contribution in [2.75, 3.05) is 0 Å². The monoisotopic (exact) mass is 435 g/mol. The predicted molar refractivity (Wildman–Crippen MR) is 84.8 cm³/mol. The quantitative estimate of drug-likeness (QED) is 0.319. The Hall–Kier alpha value is -1.26. The van der Waals surface area contributed by atoms with Gasteiger partial charge in [0.2, 0.25) is 0 Å². The Morgan fingerprint density at radius 1 is 0.857 bits per heavy atom. The van der Waals surface area contributed by atoms with E-state index in [2.05, 4.69) is 42.5 Å². The minimum absolute atomic E-state index is 0.0151. The van der Waals surface area contributed by atoms with Gasteiger partial charge in [-0.1, -0.05) is 0 Å². The van der Waals surface area contributed by atoms with E-state index in [4.69, 9.17) is 16.2 Å². The number of rotatable bonds is 0. The fraction of sp³-hybridized carbons (Fsp3) is 0. The average Bonchev–Trinajstić information content (AvgIpc) is 2.93. The van der Waals surface area contributed by atoms with E-state index >= 15 is 0 Å². The highest BCUT2D eigenvalue weighted by Gasteiger charge is 2.36. The number of benzene rings is 1. The van der Waals surface area contributed by atoms with Crippen LogP contribution in [0.25, 0.3) is 5.70 Å². The molecule has 2 heterocycles. The van der Waals surface area contributed by atoms with Crippen LogP contribution in [0, 0.1) is 27.9 Å². The molecule has 0 aromatic heterocycles. The second-order valence-corrected chi connectivity index (χ2v) is 6.75. The predicted octanol–water partition coefficient (Wildman–Crippen LogP) is 3.34. The summed E-state index contributed by atoms with van der Waals surface area (Å²) in [7, 11) is 0. The molecule has 2 aliphatic heterocycles. The van der Waals surface area contributed by atoms with Crippen molar-refractivity contribution in [3.8, 4) is 0 Å². The van der Waals surface area contributed by atoms with Crippen molar-refractivity contribution in [3.05, 3.63) is 36.6 Å². The molecule has 0 atom stereocenters. The number of halogens is 4. The Kier molecular flexibility index (Phi) is 3.41. The zero-order valence-corrected chi connectivity index (χ0v) is 13.9. The molecule has 0 spiro atoms. The van der Waals surface area contributed by atoms with Gasteiger partial charge < -0.3 is 10.6 Å². The van der Waals surface area contributed by atoms with E-state index in [-0.39, 0.29) is 47.5 Å². The summed E-state index contributed by atoms with van der Waals surface area (Å²) in [6, 6.07) is 0. The van der Waals surface area contributed by atoms with Crippen molar-refractivity contribution in [3.63, 3.8) is 0 Å². The second kappa shape index (κ2) is 4.89. The van der Waals surface area contributed by atoms with Gasteiger partial charge in [-0.25, -0.2) is 8.78 Å². The Morgan fingerprint density at radius 2 is 1.43 bits per heavy atom. The van der Waals surface area contributed by atoms with E-state index in [1.54, 1.807) is 0 Å². The lowest BCUT2D eigenvalue weighted by Crippen LogP contribution is -2.20. The van der Waals surface area contributed by atoms with Gasteiger partial charge in [-0.15, -0.1) is 0 Å². The van der Waals surface area contributed by atoms with Crippen LogP contribution in [0.4, 0.5) is 8.78 Å². The van der Waals surface area contributed by atoms with Gasteiger partial charge in [-0.2, -0.15) is 0 Å². The van der Waals surface area contributed by atoms with Crippen molar-refractivity contribution in [2.24, 2.45) is 0 Å². The first-order chi connectivity index (χ1) is 9.82. The van der Waals surface area contributed by atoms with Crippen molar-refractivity contribution < 1.29 is 8.78 Å². The maximum atomic E-state index is 14.5. The van der Waals surface area contributed by atoms with Crippen LogP contribution in [0.2, 0.25) is 0 Å². The van der Waals surface area contributed by atoms with Crippen LogP contribution in [-0.4, -0.2) is 16.8 Å². The molecular weight excluding hydrogens is 432 g/mol. The number of nitrogens with one attached hydrogen (secondary N) is 5. The SMILES string of the molecule is N=C1NC(=N)C(=C2NC(=N)c3c(F)c(Br)c(Br)c(F)c32)S1. The van der Waals surface area contributed by atoms with E-state index in [0.29, 0.717) is 0 Å². The summed E-state index contributed by atoms with van der Waals surface area (Å²) in [6.45, 7) is 0. The Morgan fingerprint density at radius 3 is 1.95 bits per heavy atom. The molecule has 0 saturated carbocycles. The standard InChI is InChI=1S/C11H5Br2F2N5S/c12-3-4(13)6(15)2-1(5(3)14)7(19-9(2)16)8-10(17)20-11(18)21-8/h(H2,16,19)(H3,17,18,20). The van der Waals surface area contributed by atoms with Crippen LogP contribution in [0.15, 0.2) is 13.9 Å². The van der Waals surface area contributed by atoms with Crippen molar-refractivity contribution >= 4 is 66.2 Å². The van der Waals surface area contributed by atoms with E-state index in [0.717, 1.165) is 11.8 Å². The molecule has 0 amide bonds. The van der Waals surface area contributed by atoms with Gasteiger partial charge >= 0.3 is 0 Å². The summed E-state index contributed by atoms with van der Waals surface area (Å²) in [5.74, 6) is -1.87. The maximum Gasteiger partial charge on any atom is 0.164 e. The van der Waals surface area contributed by atoms with Crippen LogP contribution >= 0.6 is 43.6 Å². The molecule has 0 radical (unpaired) electrons. The summed E-state index contributed by atoms with van der Waals surface area (Å²) in [5, 5.41) is 28.1. The second-order valence-electron chi connectivity index (χ2n) is 4.14. The summed E-state index contributed by atoms with van der Waals surface area (Å²) in [5.41, 5.74) is -0.197. The van der Waals surface area contributed by atoms with Crippen LogP contribution < -0.4 is 10.6 Å². The molecular formula is C11H5Br2F2N5S. The topological polar surface area (TPSA) is 95.6 Å². The molecule has 1 saturated heterocycles. The lowest BCUT2D eigenvalue weighted by molar-refractivity contribution is 0.584. The molecule has 1 fully saturated rings. The molecule has 0 unspecified atom stereocenters.